The highest BCUT2D eigenvalue weighted by atomic mass is 32.1. The Morgan fingerprint density at radius 3 is 2.55 bits per heavy atom. The molecule has 0 unspecified atom stereocenters. The zero-order valence-electron chi connectivity index (χ0n) is 13.0. The van der Waals surface area contributed by atoms with E-state index in [-0.39, 0.29) is 5.91 Å². The number of nitrogens with zero attached hydrogens (tertiary/aromatic N) is 3. The van der Waals surface area contributed by atoms with Gasteiger partial charge in [0.05, 0.1) is 6.07 Å². The van der Waals surface area contributed by atoms with E-state index in [1.165, 1.54) is 4.88 Å². The topological polar surface area (TPSA) is 47.3 Å². The molecule has 22 heavy (non-hydrogen) atoms. The van der Waals surface area contributed by atoms with Gasteiger partial charge in [0.25, 0.3) is 0 Å². The molecule has 1 aromatic heterocycles. The van der Waals surface area contributed by atoms with E-state index in [2.05, 4.69) is 28.5 Å². The Morgan fingerprint density at radius 2 is 1.95 bits per heavy atom. The van der Waals surface area contributed by atoms with E-state index in [1.807, 2.05) is 4.90 Å². The fourth-order valence-electron chi connectivity index (χ4n) is 3.56. The average molecular weight is 317 g/mol. The van der Waals surface area contributed by atoms with Gasteiger partial charge in [-0.25, -0.2) is 0 Å². The fraction of sp³-hybridized carbons (Fsp3) is 0.647. The molecule has 4 nitrogen and oxygen atoms in total. The Balaban J connectivity index is 1.56. The number of hydrogen-bond donors (Lipinski definition) is 0. The van der Waals surface area contributed by atoms with Gasteiger partial charge in [-0.3, -0.25) is 9.69 Å². The summed E-state index contributed by atoms with van der Waals surface area (Å²) in [5.74, 6) is 0.0884. The van der Waals surface area contributed by atoms with Crippen molar-refractivity contribution in [3.63, 3.8) is 0 Å². The van der Waals surface area contributed by atoms with Crippen molar-refractivity contribution in [3.8, 4) is 6.07 Å². The van der Waals surface area contributed by atoms with E-state index in [9.17, 15) is 10.1 Å². The highest BCUT2D eigenvalue weighted by Gasteiger charge is 2.42. The van der Waals surface area contributed by atoms with Gasteiger partial charge in [0.1, 0.15) is 5.41 Å². The molecule has 2 aliphatic rings. The van der Waals surface area contributed by atoms with E-state index in [0.29, 0.717) is 0 Å². The summed E-state index contributed by atoms with van der Waals surface area (Å²) >= 11 is 1.78. The van der Waals surface area contributed by atoms with Crippen LogP contribution in [0.3, 0.4) is 0 Å². The van der Waals surface area contributed by atoms with E-state index in [4.69, 9.17) is 0 Å². The molecule has 0 N–H and O–H groups in total. The van der Waals surface area contributed by atoms with Crippen molar-refractivity contribution >= 4 is 17.2 Å². The summed E-state index contributed by atoms with van der Waals surface area (Å²) < 4.78 is 0. The molecule has 118 valence electrons. The first-order chi connectivity index (χ1) is 10.7. The highest BCUT2D eigenvalue weighted by molar-refractivity contribution is 7.09. The first kappa shape index (κ1) is 15.5. The van der Waals surface area contributed by atoms with Crippen LogP contribution in [-0.4, -0.2) is 41.9 Å². The molecule has 0 aromatic carbocycles. The molecule has 5 heteroatoms. The number of nitriles is 1. The summed E-state index contributed by atoms with van der Waals surface area (Å²) in [5.41, 5.74) is -0.728. The zero-order valence-corrected chi connectivity index (χ0v) is 13.8. The number of rotatable bonds is 3. The van der Waals surface area contributed by atoms with Crippen LogP contribution in [0.4, 0.5) is 0 Å². The van der Waals surface area contributed by atoms with Crippen molar-refractivity contribution in [3.05, 3.63) is 22.4 Å². The Kier molecular flexibility index (Phi) is 4.80. The van der Waals surface area contributed by atoms with Gasteiger partial charge in [0.15, 0.2) is 0 Å². The van der Waals surface area contributed by atoms with Crippen LogP contribution in [0, 0.1) is 16.7 Å². The molecule has 0 radical (unpaired) electrons. The molecule has 3 rings (SSSR count). The second-order valence-corrected chi connectivity index (χ2v) is 7.43. The summed E-state index contributed by atoms with van der Waals surface area (Å²) in [6.07, 6.45) is 4.68. The maximum absolute atomic E-state index is 12.8. The monoisotopic (exact) mass is 317 g/mol. The molecule has 1 aromatic rings. The second-order valence-electron chi connectivity index (χ2n) is 6.40. The maximum atomic E-state index is 12.8. The van der Waals surface area contributed by atoms with Gasteiger partial charge in [-0.2, -0.15) is 5.26 Å². The lowest BCUT2D eigenvalue weighted by Crippen LogP contribution is -2.53. The van der Waals surface area contributed by atoms with E-state index >= 15 is 0 Å². The molecule has 1 amide bonds. The molecule has 0 atom stereocenters. The van der Waals surface area contributed by atoms with Gasteiger partial charge in [-0.05, 0) is 24.3 Å². The molecular formula is C17H23N3OS. The second kappa shape index (κ2) is 6.80. The van der Waals surface area contributed by atoms with Crippen LogP contribution in [-0.2, 0) is 11.3 Å². The molecular weight excluding hydrogens is 294 g/mol. The minimum absolute atomic E-state index is 0.0884. The Bertz CT molecular complexity index is 535. The van der Waals surface area contributed by atoms with E-state index < -0.39 is 5.41 Å². The first-order valence-electron chi connectivity index (χ1n) is 8.19. The number of hydrogen-bond acceptors (Lipinski definition) is 4. The van der Waals surface area contributed by atoms with Gasteiger partial charge in [0, 0.05) is 37.6 Å². The molecule has 1 aliphatic carbocycles. The number of thiophene rings is 1. The van der Waals surface area contributed by atoms with Gasteiger partial charge < -0.3 is 4.90 Å². The summed E-state index contributed by atoms with van der Waals surface area (Å²) in [4.78, 5) is 18.5. The minimum Gasteiger partial charge on any atom is -0.339 e. The minimum atomic E-state index is -0.728. The SMILES string of the molecule is N#CC1(C(=O)N2CCN(Cc3cccs3)CC2)CCCCC1. The Morgan fingerprint density at radius 1 is 1.23 bits per heavy atom. The molecule has 0 spiro atoms. The smallest absolute Gasteiger partial charge is 0.243 e. The quantitative estimate of drug-likeness (QED) is 0.861. The molecule has 1 aliphatic heterocycles. The van der Waals surface area contributed by atoms with Crippen molar-refractivity contribution < 1.29 is 4.79 Å². The van der Waals surface area contributed by atoms with Crippen LogP contribution in [0.1, 0.15) is 37.0 Å². The summed E-state index contributed by atoms with van der Waals surface area (Å²) in [6, 6.07) is 6.60. The number of amides is 1. The fourth-order valence-corrected chi connectivity index (χ4v) is 4.31. The largest absolute Gasteiger partial charge is 0.339 e. The zero-order chi connectivity index (χ0) is 15.4. The normalized spacial score (nSPS) is 22.2. The van der Waals surface area contributed by atoms with Gasteiger partial charge in [-0.1, -0.05) is 25.3 Å². The van der Waals surface area contributed by atoms with Crippen molar-refractivity contribution in [1.29, 1.82) is 5.26 Å². The Labute approximate surface area is 136 Å². The number of carbonyl (C=O) groups excluding carboxylic acids is 1. The molecule has 0 bridgehead atoms. The van der Waals surface area contributed by atoms with Crippen LogP contribution in [0.2, 0.25) is 0 Å². The summed E-state index contributed by atoms with van der Waals surface area (Å²) in [7, 11) is 0. The maximum Gasteiger partial charge on any atom is 0.243 e. The molecule has 1 saturated carbocycles. The van der Waals surface area contributed by atoms with Crippen LogP contribution in [0.15, 0.2) is 17.5 Å². The predicted octanol–water partition coefficient (Wildman–Crippen LogP) is 2.87. The van der Waals surface area contributed by atoms with Crippen molar-refractivity contribution in [2.75, 3.05) is 26.2 Å². The Hall–Kier alpha value is -1.38. The first-order valence-corrected chi connectivity index (χ1v) is 9.07. The molecule has 2 fully saturated rings. The van der Waals surface area contributed by atoms with Crippen LogP contribution in [0.5, 0.6) is 0 Å². The molecule has 1 saturated heterocycles. The van der Waals surface area contributed by atoms with Crippen molar-refractivity contribution in [2.24, 2.45) is 5.41 Å². The average Bonchev–Trinajstić information content (AvgIpc) is 3.08. The van der Waals surface area contributed by atoms with Gasteiger partial charge in [0.2, 0.25) is 5.91 Å². The summed E-state index contributed by atoms with van der Waals surface area (Å²) in [6.45, 7) is 4.31. The predicted molar refractivity (Wildman–Crippen MR) is 87.3 cm³/mol. The lowest BCUT2D eigenvalue weighted by atomic mass is 9.74. The van der Waals surface area contributed by atoms with Crippen molar-refractivity contribution in [2.45, 2.75) is 38.6 Å². The number of carbonyl (C=O) groups is 1. The van der Waals surface area contributed by atoms with Gasteiger partial charge >= 0.3 is 0 Å². The van der Waals surface area contributed by atoms with E-state index in [0.717, 1.165) is 64.8 Å². The highest BCUT2D eigenvalue weighted by Crippen LogP contribution is 2.37. The lowest BCUT2D eigenvalue weighted by Gasteiger charge is -2.39. The summed E-state index contributed by atoms with van der Waals surface area (Å²) in [5, 5.41) is 11.7. The van der Waals surface area contributed by atoms with Gasteiger partial charge in [-0.15, -0.1) is 11.3 Å². The van der Waals surface area contributed by atoms with Crippen LogP contribution < -0.4 is 0 Å². The van der Waals surface area contributed by atoms with E-state index in [1.54, 1.807) is 11.3 Å². The van der Waals surface area contributed by atoms with Crippen molar-refractivity contribution in [1.82, 2.24) is 9.80 Å². The third kappa shape index (κ3) is 3.18. The molecule has 2 heterocycles. The van der Waals surface area contributed by atoms with Crippen LogP contribution >= 0.6 is 11.3 Å². The van der Waals surface area contributed by atoms with Crippen LogP contribution in [0.25, 0.3) is 0 Å². The lowest BCUT2D eigenvalue weighted by molar-refractivity contribution is -0.142. The standard InChI is InChI=1S/C17H23N3OS/c18-14-17(6-2-1-3-7-17)16(21)20-10-8-19(9-11-20)13-15-5-4-12-22-15/h4-5,12H,1-3,6-11,13H2. The third-order valence-corrected chi connectivity index (χ3v) is 5.81. The number of piperazine rings is 1. The third-order valence-electron chi connectivity index (χ3n) is 4.95.